The summed E-state index contributed by atoms with van der Waals surface area (Å²) in [6, 6.07) is 0.405. The van der Waals surface area contributed by atoms with Crippen molar-refractivity contribution >= 4 is 17.7 Å². The van der Waals surface area contributed by atoms with Gasteiger partial charge in [-0.25, -0.2) is 0 Å². The van der Waals surface area contributed by atoms with Crippen LogP contribution in [0.4, 0.5) is 0 Å². The largest absolute Gasteiger partial charge is 0.340 e. The van der Waals surface area contributed by atoms with Crippen LogP contribution in [0.5, 0.6) is 0 Å². The molecule has 0 aromatic rings. The lowest BCUT2D eigenvalue weighted by Crippen LogP contribution is -2.42. The highest BCUT2D eigenvalue weighted by Crippen LogP contribution is 2.13. The zero-order valence-corrected chi connectivity index (χ0v) is 9.36. The Balaban J connectivity index is 2.45. The van der Waals surface area contributed by atoms with Crippen molar-refractivity contribution in [1.82, 2.24) is 10.2 Å². The van der Waals surface area contributed by atoms with E-state index in [0.29, 0.717) is 6.04 Å². The second kappa shape index (κ2) is 4.86. The van der Waals surface area contributed by atoms with E-state index in [1.54, 1.807) is 11.8 Å². The van der Waals surface area contributed by atoms with Crippen molar-refractivity contribution in [3.8, 4) is 0 Å². The number of carbonyl (C=O) groups excluding carboxylic acids is 1. The molecule has 1 fully saturated rings. The first kappa shape index (κ1) is 10.9. The molecule has 3 nitrogen and oxygen atoms in total. The van der Waals surface area contributed by atoms with Gasteiger partial charge in [0.25, 0.3) is 0 Å². The Kier molecular flexibility index (Phi) is 4.06. The third-order valence-electron chi connectivity index (χ3n) is 2.63. The maximum atomic E-state index is 11.7. The third-order valence-corrected chi connectivity index (χ3v) is 3.54. The molecule has 0 spiro atoms. The van der Waals surface area contributed by atoms with Crippen LogP contribution in [0.1, 0.15) is 13.3 Å². The second-order valence-electron chi connectivity index (χ2n) is 3.47. The minimum atomic E-state index is 0.0885. The number of nitrogens with zero attached hydrogens (tertiary/aromatic N) is 1. The first-order valence-corrected chi connectivity index (χ1v) is 5.95. The van der Waals surface area contributed by atoms with Crippen LogP contribution in [-0.4, -0.2) is 48.5 Å². The van der Waals surface area contributed by atoms with Crippen molar-refractivity contribution in [3.63, 3.8) is 0 Å². The monoisotopic (exact) mass is 202 g/mol. The fourth-order valence-electron chi connectivity index (χ4n) is 1.54. The minimum absolute atomic E-state index is 0.0885. The van der Waals surface area contributed by atoms with E-state index in [0.717, 1.165) is 19.5 Å². The molecule has 1 aliphatic heterocycles. The Labute approximate surface area is 84.2 Å². The van der Waals surface area contributed by atoms with E-state index in [1.165, 1.54) is 0 Å². The molecular weight excluding hydrogens is 184 g/mol. The summed E-state index contributed by atoms with van der Waals surface area (Å²) >= 11 is 1.61. The summed E-state index contributed by atoms with van der Waals surface area (Å²) in [6.45, 7) is 3.95. The molecule has 76 valence electrons. The smallest absolute Gasteiger partial charge is 0.235 e. The van der Waals surface area contributed by atoms with Gasteiger partial charge < -0.3 is 10.2 Å². The lowest BCUT2D eigenvalue weighted by molar-refractivity contribution is -0.130. The highest BCUT2D eigenvalue weighted by Gasteiger charge is 2.25. The van der Waals surface area contributed by atoms with Crippen molar-refractivity contribution in [2.75, 3.05) is 26.4 Å². The van der Waals surface area contributed by atoms with Crippen molar-refractivity contribution < 1.29 is 4.79 Å². The van der Waals surface area contributed by atoms with Crippen LogP contribution >= 0.6 is 11.8 Å². The first-order valence-electron chi connectivity index (χ1n) is 4.67. The van der Waals surface area contributed by atoms with E-state index < -0.39 is 0 Å². The van der Waals surface area contributed by atoms with Gasteiger partial charge in [-0.1, -0.05) is 0 Å². The lowest BCUT2D eigenvalue weighted by atomic mass is 10.2. The molecule has 1 saturated heterocycles. The van der Waals surface area contributed by atoms with Crippen molar-refractivity contribution in [1.29, 1.82) is 0 Å². The van der Waals surface area contributed by atoms with E-state index in [2.05, 4.69) is 5.32 Å². The average molecular weight is 202 g/mol. The highest BCUT2D eigenvalue weighted by molar-refractivity contribution is 7.99. The van der Waals surface area contributed by atoms with Gasteiger partial charge in [-0.05, 0) is 26.1 Å². The summed E-state index contributed by atoms with van der Waals surface area (Å²) < 4.78 is 0. The van der Waals surface area contributed by atoms with E-state index in [1.807, 2.05) is 25.1 Å². The van der Waals surface area contributed by atoms with Crippen LogP contribution in [0.25, 0.3) is 0 Å². The molecule has 1 amide bonds. The molecule has 13 heavy (non-hydrogen) atoms. The minimum Gasteiger partial charge on any atom is -0.340 e. The molecule has 0 bridgehead atoms. The number of rotatable bonds is 3. The molecule has 2 atom stereocenters. The number of hydrogen-bond acceptors (Lipinski definition) is 3. The van der Waals surface area contributed by atoms with Gasteiger partial charge >= 0.3 is 0 Å². The molecule has 0 aliphatic carbocycles. The number of amides is 1. The van der Waals surface area contributed by atoms with Crippen LogP contribution in [0.15, 0.2) is 0 Å². The quantitative estimate of drug-likeness (QED) is 0.726. The number of carbonyl (C=O) groups is 1. The highest BCUT2D eigenvalue weighted by atomic mass is 32.2. The molecule has 4 heteroatoms. The fourth-order valence-corrected chi connectivity index (χ4v) is 1.91. The summed E-state index contributed by atoms with van der Waals surface area (Å²) in [7, 11) is 1.91. The Morgan fingerprint density at radius 1 is 1.69 bits per heavy atom. The van der Waals surface area contributed by atoms with Crippen LogP contribution < -0.4 is 5.32 Å². The van der Waals surface area contributed by atoms with Crippen molar-refractivity contribution in [2.24, 2.45) is 0 Å². The standard InChI is InChI=1S/C9H18N2OS/c1-7(13-3)9(12)11(2)8-4-5-10-6-8/h7-8,10H,4-6H2,1-3H3/t7-,8+/m0/s1. The second-order valence-corrected chi connectivity index (χ2v) is 4.65. The van der Waals surface area contributed by atoms with Gasteiger partial charge in [0.2, 0.25) is 5.91 Å². The van der Waals surface area contributed by atoms with Crippen LogP contribution in [0, 0.1) is 0 Å². The first-order chi connectivity index (χ1) is 6.16. The SMILES string of the molecule is CS[C@@H](C)C(=O)N(C)[C@@H]1CCNC1. The van der Waals surface area contributed by atoms with Gasteiger partial charge in [0.05, 0.1) is 5.25 Å². The molecule has 0 aromatic carbocycles. The molecular formula is C9H18N2OS. The number of nitrogens with one attached hydrogen (secondary N) is 1. The topological polar surface area (TPSA) is 32.3 Å². The van der Waals surface area contributed by atoms with Gasteiger partial charge in [-0.15, -0.1) is 0 Å². The van der Waals surface area contributed by atoms with Crippen LogP contribution in [0.2, 0.25) is 0 Å². The maximum absolute atomic E-state index is 11.7. The number of thioether (sulfide) groups is 1. The van der Waals surface area contributed by atoms with E-state index >= 15 is 0 Å². The molecule has 0 aromatic heterocycles. The normalized spacial score (nSPS) is 24.4. The summed E-state index contributed by atoms with van der Waals surface area (Å²) in [6.07, 6.45) is 3.06. The van der Waals surface area contributed by atoms with Crippen molar-refractivity contribution in [2.45, 2.75) is 24.6 Å². The Bertz CT molecular complexity index is 180. The Morgan fingerprint density at radius 2 is 2.38 bits per heavy atom. The van der Waals surface area contributed by atoms with Crippen molar-refractivity contribution in [3.05, 3.63) is 0 Å². The predicted molar refractivity (Wildman–Crippen MR) is 57.0 cm³/mol. The van der Waals surface area contributed by atoms with Gasteiger partial charge in [0.15, 0.2) is 0 Å². The van der Waals surface area contributed by atoms with Gasteiger partial charge in [-0.3, -0.25) is 4.79 Å². The Hall–Kier alpha value is -0.220. The molecule has 0 unspecified atom stereocenters. The summed E-state index contributed by atoms with van der Waals surface area (Å²) in [5.74, 6) is 0.251. The van der Waals surface area contributed by atoms with Gasteiger partial charge in [0, 0.05) is 19.6 Å². The number of likely N-dealkylation sites (N-methyl/N-ethyl adjacent to an activating group) is 1. The number of hydrogen-bond donors (Lipinski definition) is 1. The van der Waals surface area contributed by atoms with Crippen LogP contribution in [0.3, 0.4) is 0 Å². The summed E-state index contributed by atoms with van der Waals surface area (Å²) in [5.41, 5.74) is 0. The maximum Gasteiger partial charge on any atom is 0.235 e. The summed E-state index contributed by atoms with van der Waals surface area (Å²) in [4.78, 5) is 13.6. The third kappa shape index (κ3) is 2.61. The molecule has 0 radical (unpaired) electrons. The van der Waals surface area contributed by atoms with Crippen LogP contribution in [-0.2, 0) is 4.79 Å². The van der Waals surface area contributed by atoms with E-state index in [4.69, 9.17) is 0 Å². The van der Waals surface area contributed by atoms with Gasteiger partial charge in [0.1, 0.15) is 0 Å². The molecule has 1 rings (SSSR count). The lowest BCUT2D eigenvalue weighted by Gasteiger charge is -2.26. The predicted octanol–water partition coefficient (Wildman–Crippen LogP) is 0.558. The zero-order chi connectivity index (χ0) is 9.84. The zero-order valence-electron chi connectivity index (χ0n) is 8.54. The summed E-state index contributed by atoms with van der Waals surface area (Å²) in [5, 5.41) is 3.35. The molecule has 1 aliphatic rings. The van der Waals surface area contributed by atoms with Gasteiger partial charge in [-0.2, -0.15) is 11.8 Å². The van der Waals surface area contributed by atoms with E-state index in [-0.39, 0.29) is 11.2 Å². The average Bonchev–Trinajstić information content (AvgIpc) is 2.67. The Morgan fingerprint density at radius 3 is 2.85 bits per heavy atom. The molecule has 1 heterocycles. The van der Waals surface area contributed by atoms with E-state index in [9.17, 15) is 4.79 Å². The molecule has 1 N–H and O–H groups in total. The fraction of sp³-hybridized carbons (Fsp3) is 0.889. The molecule has 0 saturated carbocycles.